The quantitative estimate of drug-likeness (QED) is 0.802. The number of carbonyl (C=O) groups excluding carboxylic acids is 1. The lowest BCUT2D eigenvalue weighted by Gasteiger charge is -2.27. The third kappa shape index (κ3) is 3.17. The molecule has 1 saturated carbocycles. The SMILES string of the molecule is COCC1(N(C)C(=O)c2ccc(-c3ccc(Cl)cc3F)cc2)CC1. The van der Waals surface area contributed by atoms with Crippen molar-refractivity contribution in [2.45, 2.75) is 18.4 Å². The lowest BCUT2D eigenvalue weighted by molar-refractivity contribution is 0.0551. The smallest absolute Gasteiger partial charge is 0.254 e. The van der Waals surface area contributed by atoms with Crippen molar-refractivity contribution in [2.75, 3.05) is 20.8 Å². The maximum atomic E-state index is 14.0. The van der Waals surface area contributed by atoms with Gasteiger partial charge in [0.2, 0.25) is 0 Å². The summed E-state index contributed by atoms with van der Waals surface area (Å²) >= 11 is 5.78. The van der Waals surface area contributed by atoms with E-state index in [-0.39, 0.29) is 17.3 Å². The molecule has 0 N–H and O–H groups in total. The number of ether oxygens (including phenoxy) is 1. The second-order valence-electron chi connectivity index (χ2n) is 6.22. The van der Waals surface area contributed by atoms with Crippen LogP contribution in [0, 0.1) is 5.82 Å². The van der Waals surface area contributed by atoms with Crippen LogP contribution < -0.4 is 0 Å². The van der Waals surface area contributed by atoms with Gasteiger partial charge in [-0.25, -0.2) is 4.39 Å². The average molecular weight is 348 g/mol. The zero-order valence-corrected chi connectivity index (χ0v) is 14.4. The Morgan fingerprint density at radius 2 is 1.92 bits per heavy atom. The predicted molar refractivity (Wildman–Crippen MR) is 92.8 cm³/mol. The Morgan fingerprint density at radius 1 is 1.25 bits per heavy atom. The monoisotopic (exact) mass is 347 g/mol. The minimum absolute atomic E-state index is 0.0484. The van der Waals surface area contributed by atoms with Gasteiger partial charge in [-0.05, 0) is 48.7 Å². The number of likely N-dealkylation sites (N-methyl/N-ethyl adjacent to an activating group) is 1. The molecule has 0 saturated heterocycles. The van der Waals surface area contributed by atoms with Crippen LogP contribution in [0.3, 0.4) is 0 Å². The van der Waals surface area contributed by atoms with Crippen molar-refractivity contribution >= 4 is 17.5 Å². The van der Waals surface area contributed by atoms with Crippen molar-refractivity contribution in [3.63, 3.8) is 0 Å². The number of benzene rings is 2. The molecule has 1 amide bonds. The van der Waals surface area contributed by atoms with E-state index in [0.29, 0.717) is 28.3 Å². The summed E-state index contributed by atoms with van der Waals surface area (Å²) in [7, 11) is 3.45. The molecule has 1 aliphatic carbocycles. The van der Waals surface area contributed by atoms with Crippen LogP contribution in [0.15, 0.2) is 42.5 Å². The van der Waals surface area contributed by atoms with Gasteiger partial charge in [0.15, 0.2) is 0 Å². The minimum Gasteiger partial charge on any atom is -0.382 e. The molecule has 1 aliphatic rings. The normalized spacial score (nSPS) is 15.2. The molecule has 0 aliphatic heterocycles. The first-order chi connectivity index (χ1) is 11.5. The summed E-state index contributed by atoms with van der Waals surface area (Å²) < 4.78 is 19.2. The molecule has 3 nitrogen and oxygen atoms in total. The fraction of sp³-hybridized carbons (Fsp3) is 0.316. The molecule has 0 aromatic heterocycles. The Hall–Kier alpha value is -1.91. The fourth-order valence-corrected chi connectivity index (χ4v) is 3.07. The summed E-state index contributed by atoms with van der Waals surface area (Å²) in [5.74, 6) is -0.427. The van der Waals surface area contributed by atoms with E-state index in [0.717, 1.165) is 12.8 Å². The molecule has 0 bridgehead atoms. The molecule has 5 heteroatoms. The fourth-order valence-electron chi connectivity index (χ4n) is 2.91. The van der Waals surface area contributed by atoms with E-state index >= 15 is 0 Å². The van der Waals surface area contributed by atoms with E-state index in [1.54, 1.807) is 55.5 Å². The summed E-state index contributed by atoms with van der Waals surface area (Å²) in [5, 5.41) is 0.359. The van der Waals surface area contributed by atoms with Crippen LogP contribution in [-0.2, 0) is 4.74 Å². The van der Waals surface area contributed by atoms with Crippen molar-refractivity contribution in [3.8, 4) is 11.1 Å². The predicted octanol–water partition coefficient (Wildman–Crippen LogP) is 4.40. The molecule has 0 atom stereocenters. The van der Waals surface area contributed by atoms with Crippen molar-refractivity contribution in [3.05, 3.63) is 58.9 Å². The Morgan fingerprint density at radius 3 is 2.46 bits per heavy atom. The summed E-state index contributed by atoms with van der Waals surface area (Å²) in [6, 6.07) is 11.5. The Kier molecular flexibility index (Phi) is 4.61. The Bertz CT molecular complexity index is 756. The van der Waals surface area contributed by atoms with Crippen LogP contribution in [0.1, 0.15) is 23.2 Å². The van der Waals surface area contributed by atoms with Gasteiger partial charge in [0, 0.05) is 30.3 Å². The molecule has 0 spiro atoms. The minimum atomic E-state index is -0.379. The van der Waals surface area contributed by atoms with Crippen LogP contribution in [0.4, 0.5) is 4.39 Å². The largest absolute Gasteiger partial charge is 0.382 e. The average Bonchev–Trinajstić information content (AvgIpc) is 3.35. The molecular weight excluding hydrogens is 329 g/mol. The third-order valence-electron chi connectivity index (χ3n) is 4.63. The topological polar surface area (TPSA) is 29.5 Å². The number of carbonyl (C=O) groups is 1. The highest BCUT2D eigenvalue weighted by molar-refractivity contribution is 6.30. The number of halogens is 2. The molecule has 0 radical (unpaired) electrons. The molecule has 3 rings (SSSR count). The van der Waals surface area contributed by atoms with Crippen LogP contribution >= 0.6 is 11.6 Å². The maximum absolute atomic E-state index is 14.0. The molecule has 0 unspecified atom stereocenters. The highest BCUT2D eigenvalue weighted by Crippen LogP contribution is 2.41. The number of hydrogen-bond acceptors (Lipinski definition) is 2. The number of methoxy groups -OCH3 is 1. The van der Waals surface area contributed by atoms with Gasteiger partial charge in [0.1, 0.15) is 5.82 Å². The second kappa shape index (κ2) is 6.54. The van der Waals surface area contributed by atoms with Gasteiger partial charge in [-0.2, -0.15) is 0 Å². The Balaban J connectivity index is 1.80. The third-order valence-corrected chi connectivity index (χ3v) is 4.87. The van der Waals surface area contributed by atoms with E-state index in [9.17, 15) is 9.18 Å². The number of rotatable bonds is 5. The van der Waals surface area contributed by atoms with E-state index in [1.165, 1.54) is 6.07 Å². The van der Waals surface area contributed by atoms with Gasteiger partial charge in [-0.3, -0.25) is 4.79 Å². The number of hydrogen-bond donors (Lipinski definition) is 0. The highest BCUT2D eigenvalue weighted by Gasteiger charge is 2.48. The van der Waals surface area contributed by atoms with E-state index in [4.69, 9.17) is 16.3 Å². The lowest BCUT2D eigenvalue weighted by Crippen LogP contribution is -2.42. The first-order valence-electron chi connectivity index (χ1n) is 7.79. The van der Waals surface area contributed by atoms with Gasteiger partial charge in [-0.15, -0.1) is 0 Å². The Labute approximate surface area is 146 Å². The first kappa shape index (κ1) is 16.9. The molecule has 24 heavy (non-hydrogen) atoms. The van der Waals surface area contributed by atoms with Crippen molar-refractivity contribution in [1.82, 2.24) is 4.90 Å². The second-order valence-corrected chi connectivity index (χ2v) is 6.66. The van der Waals surface area contributed by atoms with Crippen molar-refractivity contribution in [1.29, 1.82) is 0 Å². The zero-order valence-electron chi connectivity index (χ0n) is 13.7. The molecular formula is C19H19ClFNO2. The van der Waals surface area contributed by atoms with Crippen molar-refractivity contribution in [2.24, 2.45) is 0 Å². The van der Waals surface area contributed by atoms with Crippen molar-refractivity contribution < 1.29 is 13.9 Å². The molecule has 0 heterocycles. The van der Waals surface area contributed by atoms with Crippen LogP contribution in [-0.4, -0.2) is 37.1 Å². The van der Waals surface area contributed by atoms with Gasteiger partial charge in [0.25, 0.3) is 5.91 Å². The van der Waals surface area contributed by atoms with Gasteiger partial charge < -0.3 is 9.64 Å². The standard InChI is InChI=1S/C19H19ClFNO2/c1-22(19(9-10-19)12-24-2)18(23)14-5-3-13(4-6-14)16-8-7-15(20)11-17(16)21/h3-8,11H,9-10,12H2,1-2H3. The number of nitrogens with zero attached hydrogens (tertiary/aromatic N) is 1. The van der Waals surface area contributed by atoms with Gasteiger partial charge in [-0.1, -0.05) is 23.7 Å². The van der Waals surface area contributed by atoms with Crippen LogP contribution in [0.25, 0.3) is 11.1 Å². The summed E-state index contributed by atoms with van der Waals surface area (Å²) in [6.07, 6.45) is 1.91. The summed E-state index contributed by atoms with van der Waals surface area (Å²) in [5.41, 5.74) is 1.58. The van der Waals surface area contributed by atoms with Crippen LogP contribution in [0.5, 0.6) is 0 Å². The molecule has 2 aromatic rings. The van der Waals surface area contributed by atoms with Crippen LogP contribution in [0.2, 0.25) is 5.02 Å². The first-order valence-corrected chi connectivity index (χ1v) is 8.17. The van der Waals surface area contributed by atoms with E-state index in [2.05, 4.69) is 0 Å². The van der Waals surface area contributed by atoms with Gasteiger partial charge >= 0.3 is 0 Å². The molecule has 126 valence electrons. The number of amides is 1. The summed E-state index contributed by atoms with van der Waals surface area (Å²) in [6.45, 7) is 0.545. The molecule has 1 fully saturated rings. The van der Waals surface area contributed by atoms with E-state index < -0.39 is 0 Å². The van der Waals surface area contributed by atoms with E-state index in [1.807, 2.05) is 0 Å². The highest BCUT2D eigenvalue weighted by atomic mass is 35.5. The van der Waals surface area contributed by atoms with Gasteiger partial charge in [0.05, 0.1) is 12.1 Å². The summed E-state index contributed by atoms with van der Waals surface area (Å²) in [4.78, 5) is 14.4. The molecule has 2 aromatic carbocycles. The zero-order chi connectivity index (χ0) is 17.3. The lowest BCUT2D eigenvalue weighted by atomic mass is 10.0. The maximum Gasteiger partial charge on any atom is 0.254 e.